The number of carbonyl (C=O) groups excluding carboxylic acids is 2. The summed E-state index contributed by atoms with van der Waals surface area (Å²) in [7, 11) is 0. The zero-order chi connectivity index (χ0) is 19.5. The zero-order valence-corrected chi connectivity index (χ0v) is 13.6. The van der Waals surface area contributed by atoms with Crippen molar-refractivity contribution in [1.29, 1.82) is 0 Å². The summed E-state index contributed by atoms with van der Waals surface area (Å²) in [5.41, 5.74) is -1.14. The molecule has 0 aliphatic heterocycles. The molecular formula is C18H14F3NO4. The summed E-state index contributed by atoms with van der Waals surface area (Å²) in [6, 6.07) is 8.02. The first-order valence-electron chi connectivity index (χ1n) is 7.43. The van der Waals surface area contributed by atoms with E-state index in [1.165, 1.54) is 31.2 Å². The second-order valence-electron chi connectivity index (χ2n) is 5.50. The molecule has 0 unspecified atom stereocenters. The van der Waals surface area contributed by atoms with E-state index in [1.54, 1.807) is 0 Å². The summed E-state index contributed by atoms with van der Waals surface area (Å²) >= 11 is 0. The van der Waals surface area contributed by atoms with Gasteiger partial charge in [-0.05, 0) is 23.8 Å². The highest BCUT2D eigenvalue weighted by atomic mass is 19.4. The van der Waals surface area contributed by atoms with Gasteiger partial charge in [-0.2, -0.15) is 13.2 Å². The minimum Gasteiger partial charge on any atom is -0.481 e. The normalized spacial score (nSPS) is 11.1. The smallest absolute Gasteiger partial charge is 0.416 e. The Kier molecular flexibility index (Phi) is 5.44. The average molecular weight is 365 g/mol. The van der Waals surface area contributed by atoms with Crippen LogP contribution in [0.2, 0.25) is 0 Å². The summed E-state index contributed by atoms with van der Waals surface area (Å²) in [6.45, 7) is 1.18. The van der Waals surface area contributed by atoms with Gasteiger partial charge in [0.1, 0.15) is 0 Å². The van der Waals surface area contributed by atoms with E-state index in [0.717, 1.165) is 12.1 Å². The van der Waals surface area contributed by atoms with Crippen molar-refractivity contribution in [3.05, 3.63) is 64.7 Å². The second-order valence-corrected chi connectivity index (χ2v) is 5.50. The molecule has 2 aromatic carbocycles. The zero-order valence-electron chi connectivity index (χ0n) is 13.6. The van der Waals surface area contributed by atoms with Crippen LogP contribution in [-0.2, 0) is 22.2 Å². The number of benzene rings is 2. The van der Waals surface area contributed by atoms with Crippen molar-refractivity contribution >= 4 is 23.3 Å². The Bertz CT molecular complexity index is 875. The van der Waals surface area contributed by atoms with Crippen LogP contribution in [-0.4, -0.2) is 22.8 Å². The maximum Gasteiger partial charge on any atom is 0.416 e. The number of nitrogens with one attached hydrogen (secondary N) is 1. The Balaban J connectivity index is 2.55. The van der Waals surface area contributed by atoms with Gasteiger partial charge < -0.3 is 10.4 Å². The largest absolute Gasteiger partial charge is 0.481 e. The number of hydrogen-bond acceptors (Lipinski definition) is 3. The molecule has 0 heterocycles. The van der Waals surface area contributed by atoms with Crippen LogP contribution in [0.15, 0.2) is 42.5 Å². The summed E-state index contributed by atoms with van der Waals surface area (Å²) < 4.78 is 38.6. The van der Waals surface area contributed by atoms with E-state index in [4.69, 9.17) is 5.11 Å². The topological polar surface area (TPSA) is 83.5 Å². The van der Waals surface area contributed by atoms with Gasteiger partial charge in [0, 0.05) is 18.1 Å². The number of para-hydroxylation sites is 1. The van der Waals surface area contributed by atoms with Crippen molar-refractivity contribution < 1.29 is 32.7 Å². The van der Waals surface area contributed by atoms with E-state index < -0.39 is 35.8 Å². The van der Waals surface area contributed by atoms with Gasteiger partial charge in [0.2, 0.25) is 5.91 Å². The molecule has 0 atom stereocenters. The SMILES string of the molecule is CC(=O)Nc1c(CC(=O)O)cccc1C(=O)c1cccc(C(F)(F)F)c1. The molecular weight excluding hydrogens is 351 g/mol. The van der Waals surface area contributed by atoms with Crippen LogP contribution >= 0.6 is 0 Å². The molecule has 0 saturated heterocycles. The van der Waals surface area contributed by atoms with E-state index in [1.807, 2.05) is 0 Å². The Labute approximate surface area is 146 Å². The van der Waals surface area contributed by atoms with Crippen LogP contribution in [0.1, 0.15) is 34.0 Å². The molecule has 8 heteroatoms. The Morgan fingerprint density at radius 3 is 2.31 bits per heavy atom. The third-order valence-corrected chi connectivity index (χ3v) is 3.49. The lowest BCUT2D eigenvalue weighted by Gasteiger charge is -2.14. The number of rotatable bonds is 5. The number of alkyl halides is 3. The van der Waals surface area contributed by atoms with Crippen molar-refractivity contribution in [2.45, 2.75) is 19.5 Å². The summed E-state index contributed by atoms with van der Waals surface area (Å²) in [5, 5.41) is 11.4. The average Bonchev–Trinajstić information content (AvgIpc) is 2.54. The van der Waals surface area contributed by atoms with Crippen LogP contribution < -0.4 is 5.32 Å². The standard InChI is InChI=1S/C18H14F3NO4/c1-10(23)22-16-11(9-15(24)25)4-3-7-14(16)17(26)12-5-2-6-13(8-12)18(19,20)21/h2-8H,9H2,1H3,(H,22,23)(H,24,25). The van der Waals surface area contributed by atoms with Crippen LogP contribution in [0.25, 0.3) is 0 Å². The molecule has 2 N–H and O–H groups in total. The fourth-order valence-corrected chi connectivity index (χ4v) is 2.42. The maximum absolute atomic E-state index is 12.9. The minimum atomic E-state index is -4.61. The molecule has 0 fully saturated rings. The predicted molar refractivity (Wildman–Crippen MR) is 87.0 cm³/mol. The highest BCUT2D eigenvalue weighted by molar-refractivity contribution is 6.14. The van der Waals surface area contributed by atoms with Crippen molar-refractivity contribution in [2.75, 3.05) is 5.32 Å². The molecule has 0 aromatic heterocycles. The highest BCUT2D eigenvalue weighted by Gasteiger charge is 2.31. The molecule has 5 nitrogen and oxygen atoms in total. The quantitative estimate of drug-likeness (QED) is 0.794. The number of amides is 1. The molecule has 1 amide bonds. The first kappa shape index (κ1) is 19.2. The van der Waals surface area contributed by atoms with Crippen LogP contribution in [0.5, 0.6) is 0 Å². The first-order chi connectivity index (χ1) is 12.1. The third-order valence-electron chi connectivity index (χ3n) is 3.49. The highest BCUT2D eigenvalue weighted by Crippen LogP contribution is 2.31. The van der Waals surface area contributed by atoms with E-state index in [-0.39, 0.29) is 22.4 Å². The molecule has 0 bridgehead atoms. The molecule has 0 saturated carbocycles. The van der Waals surface area contributed by atoms with Gasteiger partial charge in [0.15, 0.2) is 5.78 Å². The van der Waals surface area contributed by atoms with Crippen LogP contribution in [0, 0.1) is 0 Å². The lowest BCUT2D eigenvalue weighted by molar-refractivity contribution is -0.138. The maximum atomic E-state index is 12.9. The monoisotopic (exact) mass is 365 g/mol. The number of anilines is 1. The fourth-order valence-electron chi connectivity index (χ4n) is 2.42. The fraction of sp³-hybridized carbons (Fsp3) is 0.167. The summed E-state index contributed by atoms with van der Waals surface area (Å²) in [6.07, 6.45) is -5.07. The summed E-state index contributed by atoms with van der Waals surface area (Å²) in [4.78, 5) is 35.1. The van der Waals surface area contributed by atoms with E-state index in [9.17, 15) is 27.6 Å². The van der Waals surface area contributed by atoms with Crippen molar-refractivity contribution in [1.82, 2.24) is 0 Å². The number of carbonyl (C=O) groups is 3. The molecule has 26 heavy (non-hydrogen) atoms. The van der Waals surface area contributed by atoms with Crippen LogP contribution in [0.4, 0.5) is 18.9 Å². The molecule has 136 valence electrons. The summed E-state index contributed by atoms with van der Waals surface area (Å²) in [5.74, 6) is -2.48. The number of carboxylic acid groups (broad SMARTS) is 1. The van der Waals surface area contributed by atoms with Gasteiger partial charge in [-0.25, -0.2) is 0 Å². The minimum absolute atomic E-state index is 0.0233. The van der Waals surface area contributed by atoms with Gasteiger partial charge in [-0.1, -0.05) is 24.3 Å². The lowest BCUT2D eigenvalue weighted by atomic mass is 9.96. The van der Waals surface area contributed by atoms with Gasteiger partial charge in [0.25, 0.3) is 0 Å². The number of ketones is 1. The van der Waals surface area contributed by atoms with E-state index >= 15 is 0 Å². The number of aliphatic carboxylic acids is 1. The van der Waals surface area contributed by atoms with Gasteiger partial charge >= 0.3 is 12.1 Å². The van der Waals surface area contributed by atoms with Crippen molar-refractivity contribution in [2.24, 2.45) is 0 Å². The second kappa shape index (κ2) is 7.38. The van der Waals surface area contributed by atoms with E-state index in [0.29, 0.717) is 6.07 Å². The predicted octanol–water partition coefficient (Wildman–Crippen LogP) is 3.52. The lowest BCUT2D eigenvalue weighted by Crippen LogP contribution is -2.16. The molecule has 0 aliphatic carbocycles. The Morgan fingerprint density at radius 2 is 1.73 bits per heavy atom. The Morgan fingerprint density at radius 1 is 1.08 bits per heavy atom. The molecule has 2 rings (SSSR count). The van der Waals surface area contributed by atoms with Crippen molar-refractivity contribution in [3.8, 4) is 0 Å². The molecule has 2 aromatic rings. The Hall–Kier alpha value is -3.16. The molecule has 0 radical (unpaired) electrons. The number of hydrogen-bond donors (Lipinski definition) is 2. The first-order valence-corrected chi connectivity index (χ1v) is 7.43. The van der Waals surface area contributed by atoms with Gasteiger partial charge in [0.05, 0.1) is 17.7 Å². The van der Waals surface area contributed by atoms with E-state index in [2.05, 4.69) is 5.32 Å². The number of halogens is 3. The molecule has 0 spiro atoms. The number of carboxylic acids is 1. The molecule has 0 aliphatic rings. The van der Waals surface area contributed by atoms with Gasteiger partial charge in [-0.3, -0.25) is 14.4 Å². The van der Waals surface area contributed by atoms with Crippen molar-refractivity contribution in [3.63, 3.8) is 0 Å². The third kappa shape index (κ3) is 4.47. The van der Waals surface area contributed by atoms with Gasteiger partial charge in [-0.15, -0.1) is 0 Å². The van der Waals surface area contributed by atoms with Crippen LogP contribution in [0.3, 0.4) is 0 Å².